The first kappa shape index (κ1) is 16.3. The van der Waals surface area contributed by atoms with Gasteiger partial charge >= 0.3 is 0 Å². The van der Waals surface area contributed by atoms with E-state index in [1.807, 2.05) is 48.7 Å². The summed E-state index contributed by atoms with van der Waals surface area (Å²) in [6.07, 6.45) is 0. The van der Waals surface area contributed by atoms with Gasteiger partial charge in [-0.3, -0.25) is 4.79 Å². The molecule has 24 heavy (non-hydrogen) atoms. The van der Waals surface area contributed by atoms with Crippen molar-refractivity contribution in [2.75, 3.05) is 20.2 Å². The molecule has 5 nitrogen and oxygen atoms in total. The molecule has 3 rings (SSSR count). The first-order valence-electron chi connectivity index (χ1n) is 7.59. The van der Waals surface area contributed by atoms with Crippen LogP contribution in [-0.2, 0) is 0 Å². The summed E-state index contributed by atoms with van der Waals surface area (Å²) in [7, 11) is 1.72. The third-order valence-corrected chi connectivity index (χ3v) is 4.44. The zero-order chi connectivity index (χ0) is 16.9. The molecule has 0 saturated heterocycles. The molecule has 6 heteroatoms. The van der Waals surface area contributed by atoms with E-state index < -0.39 is 0 Å². The van der Waals surface area contributed by atoms with Crippen molar-refractivity contribution in [1.82, 2.24) is 10.1 Å². The number of carbonyl (C=O) groups is 1. The lowest BCUT2D eigenvalue weighted by molar-refractivity contribution is 0.0763. The molecule has 0 atom stereocenters. The molecule has 0 N–H and O–H groups in total. The minimum Gasteiger partial charge on any atom is -0.492 e. The standard InChI is InChI=1S/C18H18N2O3S/c1-13-5-7-14(8-6-13)22-10-9-20(2)18(21)15-12-16(23-19-15)17-4-3-11-24-17/h3-8,11-12H,9-10H2,1-2H3. The van der Waals surface area contributed by atoms with Crippen molar-refractivity contribution in [3.8, 4) is 16.4 Å². The normalized spacial score (nSPS) is 10.6. The topological polar surface area (TPSA) is 55.6 Å². The van der Waals surface area contributed by atoms with Crippen molar-refractivity contribution in [2.45, 2.75) is 6.92 Å². The average molecular weight is 342 g/mol. The van der Waals surface area contributed by atoms with Gasteiger partial charge in [-0.1, -0.05) is 28.9 Å². The maximum Gasteiger partial charge on any atom is 0.275 e. The molecule has 3 aromatic rings. The number of nitrogens with zero attached hydrogens (tertiary/aromatic N) is 2. The van der Waals surface area contributed by atoms with Crippen LogP contribution in [0.2, 0.25) is 0 Å². The van der Waals surface area contributed by atoms with E-state index in [1.165, 1.54) is 5.56 Å². The maximum atomic E-state index is 12.4. The van der Waals surface area contributed by atoms with E-state index in [9.17, 15) is 4.79 Å². The maximum absolute atomic E-state index is 12.4. The molecule has 0 aliphatic rings. The monoisotopic (exact) mass is 342 g/mol. The van der Waals surface area contributed by atoms with Crippen molar-refractivity contribution in [2.24, 2.45) is 0 Å². The minimum atomic E-state index is -0.186. The Balaban J connectivity index is 1.54. The van der Waals surface area contributed by atoms with Crippen molar-refractivity contribution in [1.29, 1.82) is 0 Å². The summed E-state index contributed by atoms with van der Waals surface area (Å²) in [5, 5.41) is 5.82. The number of hydrogen-bond donors (Lipinski definition) is 0. The third kappa shape index (κ3) is 3.83. The largest absolute Gasteiger partial charge is 0.492 e. The number of aryl methyl sites for hydroxylation is 1. The molecule has 0 aliphatic heterocycles. The van der Waals surface area contributed by atoms with Gasteiger partial charge in [0.05, 0.1) is 11.4 Å². The highest BCUT2D eigenvalue weighted by molar-refractivity contribution is 7.13. The van der Waals surface area contributed by atoms with Gasteiger partial charge in [0.15, 0.2) is 11.5 Å². The predicted molar refractivity (Wildman–Crippen MR) is 93.5 cm³/mol. The van der Waals surface area contributed by atoms with Crippen LogP contribution in [0.4, 0.5) is 0 Å². The summed E-state index contributed by atoms with van der Waals surface area (Å²) in [6.45, 7) is 2.91. The number of likely N-dealkylation sites (N-methyl/N-ethyl adjacent to an activating group) is 1. The van der Waals surface area contributed by atoms with E-state index in [2.05, 4.69) is 5.16 Å². The molecule has 0 spiro atoms. The van der Waals surface area contributed by atoms with Crippen LogP contribution in [0.25, 0.3) is 10.6 Å². The van der Waals surface area contributed by atoms with Crippen LogP contribution >= 0.6 is 11.3 Å². The fourth-order valence-corrected chi connectivity index (χ4v) is 2.82. The molecule has 2 heterocycles. The fourth-order valence-electron chi connectivity index (χ4n) is 2.14. The Bertz CT molecular complexity index is 794. The van der Waals surface area contributed by atoms with Gasteiger partial charge in [-0.25, -0.2) is 0 Å². The summed E-state index contributed by atoms with van der Waals surface area (Å²) in [5.41, 5.74) is 1.48. The number of thiophene rings is 1. The highest BCUT2D eigenvalue weighted by Crippen LogP contribution is 2.25. The molecular formula is C18H18N2O3S. The molecule has 124 valence electrons. The van der Waals surface area contributed by atoms with E-state index in [-0.39, 0.29) is 5.91 Å². The number of rotatable bonds is 6. The Kier molecular flexibility index (Phi) is 4.96. The number of aromatic nitrogens is 1. The van der Waals surface area contributed by atoms with Gasteiger partial charge in [-0.2, -0.15) is 0 Å². The second-order valence-corrected chi connectivity index (χ2v) is 6.39. The molecule has 2 aromatic heterocycles. The first-order chi connectivity index (χ1) is 11.6. The van der Waals surface area contributed by atoms with Crippen LogP contribution in [0.15, 0.2) is 52.4 Å². The summed E-state index contributed by atoms with van der Waals surface area (Å²) >= 11 is 1.54. The summed E-state index contributed by atoms with van der Waals surface area (Å²) in [5.74, 6) is 1.22. The lowest BCUT2D eigenvalue weighted by atomic mass is 10.2. The second-order valence-electron chi connectivity index (χ2n) is 5.44. The molecular weight excluding hydrogens is 324 g/mol. The van der Waals surface area contributed by atoms with Crippen LogP contribution in [0, 0.1) is 6.92 Å². The molecule has 0 aliphatic carbocycles. The zero-order valence-electron chi connectivity index (χ0n) is 13.6. The number of hydrogen-bond acceptors (Lipinski definition) is 5. The summed E-state index contributed by atoms with van der Waals surface area (Å²) in [4.78, 5) is 14.9. The van der Waals surface area contributed by atoms with Gasteiger partial charge in [0.25, 0.3) is 5.91 Å². The third-order valence-electron chi connectivity index (χ3n) is 3.56. The van der Waals surface area contributed by atoms with E-state index in [4.69, 9.17) is 9.26 Å². The Morgan fingerprint density at radius 2 is 2.08 bits per heavy atom. The van der Waals surface area contributed by atoms with E-state index in [1.54, 1.807) is 29.4 Å². The highest BCUT2D eigenvalue weighted by atomic mass is 32.1. The average Bonchev–Trinajstić information content (AvgIpc) is 3.27. The highest BCUT2D eigenvalue weighted by Gasteiger charge is 2.18. The van der Waals surface area contributed by atoms with E-state index in [0.29, 0.717) is 24.6 Å². The van der Waals surface area contributed by atoms with Gasteiger partial charge < -0.3 is 14.2 Å². The summed E-state index contributed by atoms with van der Waals surface area (Å²) in [6, 6.07) is 13.4. The Morgan fingerprint density at radius 1 is 1.29 bits per heavy atom. The first-order valence-corrected chi connectivity index (χ1v) is 8.47. The molecule has 1 aromatic carbocycles. The molecule has 1 amide bonds. The molecule has 0 saturated carbocycles. The Labute approximate surface area is 144 Å². The van der Waals surface area contributed by atoms with Crippen molar-refractivity contribution in [3.05, 3.63) is 59.1 Å². The van der Waals surface area contributed by atoms with Gasteiger partial charge in [0.1, 0.15) is 12.4 Å². The van der Waals surface area contributed by atoms with Crippen molar-refractivity contribution >= 4 is 17.2 Å². The van der Waals surface area contributed by atoms with Gasteiger partial charge in [-0.15, -0.1) is 11.3 Å². The lowest BCUT2D eigenvalue weighted by Crippen LogP contribution is -2.31. The molecule has 0 radical (unpaired) electrons. The number of carbonyl (C=O) groups excluding carboxylic acids is 1. The Hall–Kier alpha value is -2.60. The summed E-state index contributed by atoms with van der Waals surface area (Å²) < 4.78 is 10.9. The smallest absolute Gasteiger partial charge is 0.275 e. The minimum absolute atomic E-state index is 0.186. The number of ether oxygens (including phenoxy) is 1. The SMILES string of the molecule is Cc1ccc(OCCN(C)C(=O)c2cc(-c3cccs3)on2)cc1. The van der Waals surface area contributed by atoms with Crippen molar-refractivity contribution in [3.63, 3.8) is 0 Å². The Morgan fingerprint density at radius 3 is 2.79 bits per heavy atom. The van der Waals surface area contributed by atoms with E-state index >= 15 is 0 Å². The number of benzene rings is 1. The molecule has 0 fully saturated rings. The lowest BCUT2D eigenvalue weighted by Gasteiger charge is -2.16. The van der Waals surface area contributed by atoms with Gasteiger partial charge in [0, 0.05) is 13.1 Å². The van der Waals surface area contributed by atoms with Crippen LogP contribution in [-0.4, -0.2) is 36.2 Å². The predicted octanol–water partition coefficient (Wildman–Crippen LogP) is 3.86. The molecule has 0 unspecified atom stereocenters. The number of amides is 1. The quantitative estimate of drug-likeness (QED) is 0.682. The van der Waals surface area contributed by atoms with Crippen LogP contribution in [0.3, 0.4) is 0 Å². The van der Waals surface area contributed by atoms with E-state index in [0.717, 1.165) is 10.6 Å². The second kappa shape index (κ2) is 7.31. The van der Waals surface area contributed by atoms with Crippen molar-refractivity contribution < 1.29 is 14.1 Å². The van der Waals surface area contributed by atoms with Crippen LogP contribution < -0.4 is 4.74 Å². The zero-order valence-corrected chi connectivity index (χ0v) is 14.4. The van der Waals surface area contributed by atoms with Gasteiger partial charge in [0.2, 0.25) is 0 Å². The van der Waals surface area contributed by atoms with Crippen LogP contribution in [0.5, 0.6) is 5.75 Å². The fraction of sp³-hybridized carbons (Fsp3) is 0.222. The molecule has 0 bridgehead atoms. The van der Waals surface area contributed by atoms with Crippen LogP contribution in [0.1, 0.15) is 16.1 Å². The van der Waals surface area contributed by atoms with Gasteiger partial charge in [-0.05, 0) is 30.5 Å².